The second-order valence-electron chi connectivity index (χ2n) is 6.30. The molecule has 2 fully saturated rings. The Balaban J connectivity index is 1.86. The Morgan fingerprint density at radius 3 is 2.13 bits per heavy atom. The van der Waals surface area contributed by atoms with Gasteiger partial charge < -0.3 is 25.3 Å². The second kappa shape index (κ2) is 9.20. The van der Waals surface area contributed by atoms with Gasteiger partial charge in [0.15, 0.2) is 0 Å². The first-order valence-electron chi connectivity index (χ1n) is 8.40. The molecule has 0 aliphatic carbocycles. The van der Waals surface area contributed by atoms with Crippen molar-refractivity contribution in [2.45, 2.75) is 31.7 Å². The lowest BCUT2D eigenvalue weighted by atomic mass is 9.85. The van der Waals surface area contributed by atoms with Crippen LogP contribution in [0.3, 0.4) is 0 Å². The van der Waals surface area contributed by atoms with Crippen molar-refractivity contribution in [2.75, 3.05) is 40.1 Å². The normalized spacial score (nSPS) is 23.0. The molecule has 132 valence electrons. The van der Waals surface area contributed by atoms with Gasteiger partial charge in [-0.15, -0.1) is 0 Å². The molecule has 2 rings (SSSR count). The van der Waals surface area contributed by atoms with Crippen LogP contribution in [0.1, 0.15) is 25.7 Å². The molecule has 0 spiro atoms. The molecular formula is C16H28N2O5. The average molecular weight is 328 g/mol. The van der Waals surface area contributed by atoms with Crippen LogP contribution >= 0.6 is 0 Å². The van der Waals surface area contributed by atoms with Gasteiger partial charge in [0.1, 0.15) is 0 Å². The van der Waals surface area contributed by atoms with E-state index < -0.39 is 6.04 Å². The second-order valence-corrected chi connectivity index (χ2v) is 6.30. The third kappa shape index (κ3) is 5.16. The van der Waals surface area contributed by atoms with Gasteiger partial charge in [0.05, 0.1) is 19.1 Å². The molecular weight excluding hydrogens is 300 g/mol. The summed E-state index contributed by atoms with van der Waals surface area (Å²) >= 11 is 0. The standard InChI is InChI=1S/C16H28N2O5/c1-21-16(20)13(11-2-6-22-7-3-11)10-18-15(19)14(17)12-4-8-23-9-5-12/h11-14H,2-10,17H2,1H3,(H,18,19). The zero-order chi connectivity index (χ0) is 16.7. The van der Waals surface area contributed by atoms with Crippen LogP contribution in [-0.2, 0) is 23.8 Å². The molecule has 2 atom stereocenters. The first-order chi connectivity index (χ1) is 11.1. The third-order valence-corrected chi connectivity index (χ3v) is 4.91. The Morgan fingerprint density at radius 1 is 1.09 bits per heavy atom. The minimum atomic E-state index is -0.549. The third-order valence-electron chi connectivity index (χ3n) is 4.91. The molecule has 0 aromatic rings. The number of methoxy groups -OCH3 is 1. The lowest BCUT2D eigenvalue weighted by Crippen LogP contribution is -2.49. The number of hydrogen-bond acceptors (Lipinski definition) is 6. The number of nitrogens with one attached hydrogen (secondary N) is 1. The van der Waals surface area contributed by atoms with Crippen molar-refractivity contribution in [1.29, 1.82) is 0 Å². The maximum absolute atomic E-state index is 12.3. The number of carbonyl (C=O) groups excluding carboxylic acids is 2. The first-order valence-corrected chi connectivity index (χ1v) is 8.40. The van der Waals surface area contributed by atoms with Gasteiger partial charge in [-0.05, 0) is 37.5 Å². The summed E-state index contributed by atoms with van der Waals surface area (Å²) in [6.45, 7) is 2.87. The summed E-state index contributed by atoms with van der Waals surface area (Å²) < 4.78 is 15.5. The largest absolute Gasteiger partial charge is 0.469 e. The fourth-order valence-corrected chi connectivity index (χ4v) is 3.33. The summed E-state index contributed by atoms with van der Waals surface area (Å²) in [5, 5.41) is 2.85. The molecule has 2 aliphatic heterocycles. The number of carbonyl (C=O) groups is 2. The van der Waals surface area contributed by atoms with E-state index >= 15 is 0 Å². The number of rotatable bonds is 6. The van der Waals surface area contributed by atoms with Crippen molar-refractivity contribution in [1.82, 2.24) is 5.32 Å². The number of amides is 1. The first kappa shape index (κ1) is 18.2. The summed E-state index contributed by atoms with van der Waals surface area (Å²) in [4.78, 5) is 24.3. The van der Waals surface area contributed by atoms with E-state index in [9.17, 15) is 9.59 Å². The van der Waals surface area contributed by atoms with Gasteiger partial charge >= 0.3 is 5.97 Å². The Labute approximate surface area is 137 Å². The molecule has 2 saturated heterocycles. The van der Waals surface area contributed by atoms with Crippen molar-refractivity contribution in [2.24, 2.45) is 23.5 Å². The molecule has 23 heavy (non-hydrogen) atoms. The van der Waals surface area contributed by atoms with E-state index in [1.165, 1.54) is 7.11 Å². The van der Waals surface area contributed by atoms with Gasteiger partial charge in [0, 0.05) is 33.0 Å². The van der Waals surface area contributed by atoms with Gasteiger partial charge in [-0.25, -0.2) is 0 Å². The molecule has 0 aromatic heterocycles. The SMILES string of the molecule is COC(=O)C(CNC(=O)C(N)C1CCOCC1)C1CCOCC1. The number of ether oxygens (including phenoxy) is 3. The maximum Gasteiger partial charge on any atom is 0.310 e. The quantitative estimate of drug-likeness (QED) is 0.670. The number of nitrogens with two attached hydrogens (primary N) is 1. The zero-order valence-electron chi connectivity index (χ0n) is 13.8. The highest BCUT2D eigenvalue weighted by atomic mass is 16.5. The van der Waals surface area contributed by atoms with Crippen molar-refractivity contribution >= 4 is 11.9 Å². The van der Waals surface area contributed by atoms with Crippen LogP contribution in [0.5, 0.6) is 0 Å². The van der Waals surface area contributed by atoms with E-state index in [0.29, 0.717) is 26.4 Å². The van der Waals surface area contributed by atoms with Crippen LogP contribution in [0.2, 0.25) is 0 Å². The molecule has 7 nitrogen and oxygen atoms in total. The highest BCUT2D eigenvalue weighted by molar-refractivity contribution is 5.82. The van der Waals surface area contributed by atoms with E-state index in [1.54, 1.807) is 0 Å². The Hall–Kier alpha value is -1.18. The maximum atomic E-state index is 12.3. The van der Waals surface area contributed by atoms with Gasteiger partial charge in [0.2, 0.25) is 5.91 Å². The van der Waals surface area contributed by atoms with Crippen molar-refractivity contribution in [3.63, 3.8) is 0 Å². The summed E-state index contributed by atoms with van der Waals surface area (Å²) in [6, 6.07) is -0.549. The highest BCUT2D eigenvalue weighted by Gasteiger charge is 2.32. The van der Waals surface area contributed by atoms with Crippen molar-refractivity contribution < 1.29 is 23.8 Å². The summed E-state index contributed by atoms with van der Waals surface area (Å²) in [6.07, 6.45) is 3.22. The van der Waals surface area contributed by atoms with Crippen molar-refractivity contribution in [3.8, 4) is 0 Å². The van der Waals surface area contributed by atoms with Gasteiger partial charge in [-0.1, -0.05) is 0 Å². The predicted octanol–water partition coefficient (Wildman–Crippen LogP) is 0.0723. The molecule has 7 heteroatoms. The number of hydrogen-bond donors (Lipinski definition) is 2. The van der Waals surface area contributed by atoms with Crippen LogP contribution in [0.4, 0.5) is 0 Å². The molecule has 0 bridgehead atoms. The van der Waals surface area contributed by atoms with Crippen LogP contribution in [0.15, 0.2) is 0 Å². The highest BCUT2D eigenvalue weighted by Crippen LogP contribution is 2.25. The molecule has 0 radical (unpaired) electrons. The van der Waals surface area contributed by atoms with Crippen LogP contribution in [-0.4, -0.2) is 58.0 Å². The van der Waals surface area contributed by atoms with E-state index in [1.807, 2.05) is 0 Å². The number of esters is 1. The zero-order valence-corrected chi connectivity index (χ0v) is 13.8. The monoisotopic (exact) mass is 328 g/mol. The van der Waals surface area contributed by atoms with Crippen LogP contribution in [0.25, 0.3) is 0 Å². The van der Waals surface area contributed by atoms with E-state index in [0.717, 1.165) is 25.7 Å². The van der Waals surface area contributed by atoms with E-state index in [2.05, 4.69) is 5.32 Å². The summed E-state index contributed by atoms with van der Waals surface area (Å²) in [5.74, 6) is -0.497. The fraction of sp³-hybridized carbons (Fsp3) is 0.875. The van der Waals surface area contributed by atoms with Gasteiger partial charge in [-0.2, -0.15) is 0 Å². The molecule has 3 N–H and O–H groups in total. The summed E-state index contributed by atoms with van der Waals surface area (Å²) in [7, 11) is 1.38. The fourth-order valence-electron chi connectivity index (χ4n) is 3.33. The van der Waals surface area contributed by atoms with Crippen LogP contribution in [0, 0.1) is 17.8 Å². The Bertz CT molecular complexity index is 392. The molecule has 0 saturated carbocycles. The minimum Gasteiger partial charge on any atom is -0.469 e. The summed E-state index contributed by atoms with van der Waals surface area (Å²) in [5.41, 5.74) is 6.06. The van der Waals surface area contributed by atoms with Gasteiger partial charge in [-0.3, -0.25) is 9.59 Å². The average Bonchev–Trinajstić information content (AvgIpc) is 2.62. The van der Waals surface area contributed by atoms with E-state index in [-0.39, 0.29) is 36.2 Å². The van der Waals surface area contributed by atoms with E-state index in [4.69, 9.17) is 19.9 Å². The molecule has 0 aromatic carbocycles. The lowest BCUT2D eigenvalue weighted by Gasteiger charge is -2.30. The van der Waals surface area contributed by atoms with Crippen LogP contribution < -0.4 is 11.1 Å². The lowest BCUT2D eigenvalue weighted by molar-refractivity contribution is -0.148. The van der Waals surface area contributed by atoms with Crippen molar-refractivity contribution in [3.05, 3.63) is 0 Å². The molecule has 2 aliphatic rings. The molecule has 1 amide bonds. The molecule has 2 heterocycles. The Kier molecular flexibility index (Phi) is 7.26. The smallest absolute Gasteiger partial charge is 0.310 e. The topological polar surface area (TPSA) is 99.9 Å². The Morgan fingerprint density at radius 2 is 1.61 bits per heavy atom. The minimum absolute atomic E-state index is 0.142. The predicted molar refractivity (Wildman–Crippen MR) is 83.6 cm³/mol. The molecule has 2 unspecified atom stereocenters. The van der Waals surface area contributed by atoms with Gasteiger partial charge in [0.25, 0.3) is 0 Å².